The van der Waals surface area contributed by atoms with Gasteiger partial charge in [0.15, 0.2) is 0 Å². The molecule has 110 valence electrons. The smallest absolute Gasteiger partial charge is 0.317 e. The molecular formula is C14H27N3O2. The summed E-state index contributed by atoms with van der Waals surface area (Å²) in [4.78, 5) is 16.1. The number of amides is 2. The Kier molecular flexibility index (Phi) is 5.45. The average Bonchev–Trinajstić information content (AvgIpc) is 2.89. The van der Waals surface area contributed by atoms with Crippen molar-refractivity contribution in [2.24, 2.45) is 5.92 Å². The van der Waals surface area contributed by atoms with Crippen LogP contribution in [0.1, 0.15) is 32.6 Å². The Hall–Kier alpha value is -0.810. The zero-order chi connectivity index (χ0) is 13.7. The summed E-state index contributed by atoms with van der Waals surface area (Å²) < 4.78 is 0. The molecule has 1 atom stereocenters. The maximum absolute atomic E-state index is 12.0. The fraction of sp³-hybridized carbons (Fsp3) is 0.929. The maximum atomic E-state index is 12.0. The third kappa shape index (κ3) is 4.66. The molecule has 1 saturated carbocycles. The molecule has 0 unspecified atom stereocenters. The van der Waals surface area contributed by atoms with E-state index >= 15 is 0 Å². The van der Waals surface area contributed by atoms with Gasteiger partial charge >= 0.3 is 6.03 Å². The van der Waals surface area contributed by atoms with Crippen LogP contribution < -0.4 is 5.32 Å². The normalized spacial score (nSPS) is 23.6. The van der Waals surface area contributed by atoms with Gasteiger partial charge in [0.25, 0.3) is 0 Å². The first kappa shape index (κ1) is 14.6. The topological polar surface area (TPSA) is 55.8 Å². The lowest BCUT2D eigenvalue weighted by atomic mass is 10.1. The number of aliphatic hydroxyl groups excluding tert-OH is 1. The van der Waals surface area contributed by atoms with Crippen molar-refractivity contribution in [3.8, 4) is 0 Å². The number of β-amino-alcohol motifs (C(OH)–C–C–N with tert-alkyl or cyclic N) is 1. The Morgan fingerprint density at radius 2 is 1.89 bits per heavy atom. The van der Waals surface area contributed by atoms with Crippen molar-refractivity contribution in [3.63, 3.8) is 0 Å². The van der Waals surface area contributed by atoms with Crippen LogP contribution in [0.15, 0.2) is 0 Å². The van der Waals surface area contributed by atoms with Gasteiger partial charge in [0, 0.05) is 39.3 Å². The molecule has 0 spiro atoms. The number of hydrogen-bond donors (Lipinski definition) is 2. The first-order chi connectivity index (χ1) is 9.15. The van der Waals surface area contributed by atoms with Crippen molar-refractivity contribution >= 4 is 6.03 Å². The van der Waals surface area contributed by atoms with Crippen molar-refractivity contribution in [2.75, 3.05) is 39.3 Å². The van der Waals surface area contributed by atoms with Crippen LogP contribution in [0.5, 0.6) is 0 Å². The summed E-state index contributed by atoms with van der Waals surface area (Å²) in [7, 11) is 0. The van der Waals surface area contributed by atoms with Crippen molar-refractivity contribution in [1.29, 1.82) is 0 Å². The average molecular weight is 269 g/mol. The Labute approximate surface area is 115 Å². The highest BCUT2D eigenvalue weighted by molar-refractivity contribution is 5.74. The first-order valence-electron chi connectivity index (χ1n) is 7.58. The summed E-state index contributed by atoms with van der Waals surface area (Å²) in [5, 5.41) is 12.4. The van der Waals surface area contributed by atoms with Crippen LogP contribution in [0.4, 0.5) is 4.79 Å². The summed E-state index contributed by atoms with van der Waals surface area (Å²) in [5.74, 6) is 0.695. The number of urea groups is 1. The van der Waals surface area contributed by atoms with Gasteiger partial charge < -0.3 is 15.3 Å². The number of carbonyl (C=O) groups is 1. The van der Waals surface area contributed by atoms with Gasteiger partial charge in [0.05, 0.1) is 6.10 Å². The number of hydrogen-bond acceptors (Lipinski definition) is 3. The highest BCUT2D eigenvalue weighted by Gasteiger charge is 2.22. The van der Waals surface area contributed by atoms with E-state index in [-0.39, 0.29) is 12.1 Å². The van der Waals surface area contributed by atoms with Gasteiger partial charge in [-0.25, -0.2) is 4.79 Å². The molecule has 1 saturated heterocycles. The van der Waals surface area contributed by atoms with E-state index in [4.69, 9.17) is 0 Å². The Balaban J connectivity index is 1.64. The molecule has 0 bridgehead atoms. The second kappa shape index (κ2) is 7.10. The standard InChI is InChI=1S/C14H27N3O2/c1-12(18)11-16-6-8-17(9-7-16)14(19)15-10-13-4-2-3-5-13/h12-13,18H,2-11H2,1H3,(H,15,19)/t12-/m1/s1. The third-order valence-electron chi connectivity index (χ3n) is 4.20. The van der Waals surface area contributed by atoms with E-state index in [1.807, 2.05) is 4.90 Å². The van der Waals surface area contributed by atoms with Crippen molar-refractivity contribution < 1.29 is 9.90 Å². The molecule has 5 nitrogen and oxygen atoms in total. The zero-order valence-electron chi connectivity index (χ0n) is 12.0. The van der Waals surface area contributed by atoms with Crippen LogP contribution in [0.25, 0.3) is 0 Å². The molecular weight excluding hydrogens is 242 g/mol. The summed E-state index contributed by atoms with van der Waals surface area (Å²) in [6, 6.07) is 0.0867. The van der Waals surface area contributed by atoms with Gasteiger partial charge in [-0.15, -0.1) is 0 Å². The number of carbonyl (C=O) groups excluding carboxylic acids is 1. The Morgan fingerprint density at radius 3 is 2.47 bits per heavy atom. The van der Waals surface area contributed by atoms with E-state index in [1.54, 1.807) is 6.92 Å². The van der Waals surface area contributed by atoms with Crippen LogP contribution >= 0.6 is 0 Å². The summed E-state index contributed by atoms with van der Waals surface area (Å²) in [6.45, 7) is 6.61. The summed E-state index contributed by atoms with van der Waals surface area (Å²) in [6.07, 6.45) is 4.88. The van der Waals surface area contributed by atoms with E-state index < -0.39 is 0 Å². The van der Waals surface area contributed by atoms with Crippen LogP contribution in [0.2, 0.25) is 0 Å². The van der Waals surface area contributed by atoms with Gasteiger partial charge in [-0.2, -0.15) is 0 Å². The minimum Gasteiger partial charge on any atom is -0.392 e. The van der Waals surface area contributed by atoms with E-state index in [1.165, 1.54) is 25.7 Å². The number of nitrogens with one attached hydrogen (secondary N) is 1. The lowest BCUT2D eigenvalue weighted by Gasteiger charge is -2.35. The van der Waals surface area contributed by atoms with Gasteiger partial charge in [0.2, 0.25) is 0 Å². The van der Waals surface area contributed by atoms with Gasteiger partial charge in [-0.3, -0.25) is 4.90 Å². The molecule has 5 heteroatoms. The van der Waals surface area contributed by atoms with Crippen molar-refractivity contribution in [2.45, 2.75) is 38.7 Å². The predicted octanol–water partition coefficient (Wildman–Crippen LogP) is 0.885. The Bertz CT molecular complexity index is 282. The molecule has 0 aromatic carbocycles. The quantitative estimate of drug-likeness (QED) is 0.797. The summed E-state index contributed by atoms with van der Waals surface area (Å²) >= 11 is 0. The molecule has 2 fully saturated rings. The molecule has 0 aromatic heterocycles. The first-order valence-corrected chi connectivity index (χ1v) is 7.58. The molecule has 2 rings (SSSR count). The number of rotatable bonds is 4. The van der Waals surface area contributed by atoms with Crippen molar-refractivity contribution in [3.05, 3.63) is 0 Å². The maximum Gasteiger partial charge on any atom is 0.317 e. The lowest BCUT2D eigenvalue weighted by molar-refractivity contribution is 0.0896. The van der Waals surface area contributed by atoms with Crippen molar-refractivity contribution in [1.82, 2.24) is 15.1 Å². The molecule has 2 aliphatic rings. The zero-order valence-corrected chi connectivity index (χ0v) is 12.0. The molecule has 0 aromatic rings. The highest BCUT2D eigenvalue weighted by atomic mass is 16.3. The monoisotopic (exact) mass is 269 g/mol. The van der Waals surface area contributed by atoms with E-state index in [9.17, 15) is 9.90 Å². The van der Waals surface area contributed by atoms with E-state index in [0.717, 1.165) is 32.7 Å². The van der Waals surface area contributed by atoms with E-state index in [0.29, 0.717) is 12.5 Å². The lowest BCUT2D eigenvalue weighted by Crippen LogP contribution is -2.53. The van der Waals surface area contributed by atoms with Crippen LogP contribution in [0.3, 0.4) is 0 Å². The number of nitrogens with zero attached hydrogens (tertiary/aromatic N) is 2. The van der Waals surface area contributed by atoms with E-state index in [2.05, 4.69) is 10.2 Å². The van der Waals surface area contributed by atoms with Gasteiger partial charge in [-0.05, 0) is 25.7 Å². The molecule has 19 heavy (non-hydrogen) atoms. The second-order valence-electron chi connectivity index (χ2n) is 5.97. The minimum absolute atomic E-state index is 0.0867. The summed E-state index contributed by atoms with van der Waals surface area (Å²) in [5.41, 5.74) is 0. The number of piperazine rings is 1. The number of aliphatic hydroxyl groups is 1. The van der Waals surface area contributed by atoms with Crippen LogP contribution in [-0.4, -0.2) is 66.3 Å². The second-order valence-corrected chi connectivity index (χ2v) is 5.97. The van der Waals surface area contributed by atoms with Gasteiger partial charge in [0.1, 0.15) is 0 Å². The SMILES string of the molecule is C[C@@H](O)CN1CCN(C(=O)NCC2CCCC2)CC1. The van der Waals surface area contributed by atoms with Crippen LogP contribution in [-0.2, 0) is 0 Å². The van der Waals surface area contributed by atoms with Gasteiger partial charge in [-0.1, -0.05) is 12.8 Å². The molecule has 1 aliphatic heterocycles. The fourth-order valence-corrected chi connectivity index (χ4v) is 3.07. The molecule has 2 amide bonds. The third-order valence-corrected chi connectivity index (χ3v) is 4.20. The fourth-order valence-electron chi connectivity index (χ4n) is 3.07. The predicted molar refractivity (Wildman–Crippen MR) is 75.1 cm³/mol. The largest absolute Gasteiger partial charge is 0.392 e. The molecule has 1 heterocycles. The minimum atomic E-state index is -0.289. The van der Waals surface area contributed by atoms with Crippen LogP contribution in [0, 0.1) is 5.92 Å². The molecule has 0 radical (unpaired) electrons. The Morgan fingerprint density at radius 1 is 1.26 bits per heavy atom. The molecule has 2 N–H and O–H groups in total. The molecule has 1 aliphatic carbocycles. The highest BCUT2D eigenvalue weighted by Crippen LogP contribution is 2.23.